The normalized spacial score (nSPS) is 29.1. The van der Waals surface area contributed by atoms with Gasteiger partial charge in [0.25, 0.3) is 0 Å². The highest BCUT2D eigenvalue weighted by Gasteiger charge is 2.37. The van der Waals surface area contributed by atoms with E-state index >= 15 is 0 Å². The van der Waals surface area contributed by atoms with Crippen LogP contribution in [0.4, 0.5) is 0 Å². The van der Waals surface area contributed by atoms with Gasteiger partial charge in [-0.1, -0.05) is 0 Å². The number of hydrogen-bond acceptors (Lipinski definition) is 3. The summed E-state index contributed by atoms with van der Waals surface area (Å²) in [5, 5.41) is 7.29. The average molecular weight is 234 g/mol. The molecule has 2 aliphatic heterocycles. The summed E-state index contributed by atoms with van der Waals surface area (Å²) in [5.41, 5.74) is 1.25. The van der Waals surface area contributed by atoms with Gasteiger partial charge in [0.15, 0.2) is 0 Å². The van der Waals surface area contributed by atoms with E-state index in [1.807, 2.05) is 17.9 Å². The fourth-order valence-electron chi connectivity index (χ4n) is 3.01. The van der Waals surface area contributed by atoms with E-state index in [1.54, 1.807) is 0 Å². The highest BCUT2D eigenvalue weighted by Crippen LogP contribution is 2.26. The zero-order valence-electron chi connectivity index (χ0n) is 10.1. The molecule has 1 aromatic heterocycles. The number of nitrogens with one attached hydrogen (secondary N) is 1. The minimum Gasteiger partial charge on any atom is -0.352 e. The largest absolute Gasteiger partial charge is 0.352 e. The van der Waals surface area contributed by atoms with Gasteiger partial charge in [0.2, 0.25) is 5.91 Å². The summed E-state index contributed by atoms with van der Waals surface area (Å²) >= 11 is 0. The molecule has 3 rings (SSSR count). The summed E-state index contributed by atoms with van der Waals surface area (Å²) < 4.78 is 1.84. The number of likely N-dealkylation sites (tertiary alicyclic amines) is 1. The summed E-state index contributed by atoms with van der Waals surface area (Å²) in [7, 11) is 1.94. The fraction of sp³-hybridized carbons (Fsp3) is 0.667. The van der Waals surface area contributed by atoms with Gasteiger partial charge in [0.1, 0.15) is 0 Å². The second-order valence-electron chi connectivity index (χ2n) is 5.06. The molecule has 1 amide bonds. The number of rotatable bonds is 2. The molecule has 0 saturated carbocycles. The summed E-state index contributed by atoms with van der Waals surface area (Å²) in [5.74, 6) is 0.217. The van der Waals surface area contributed by atoms with Crippen molar-refractivity contribution in [3.8, 4) is 0 Å². The van der Waals surface area contributed by atoms with Crippen molar-refractivity contribution in [1.82, 2.24) is 20.0 Å². The molecule has 17 heavy (non-hydrogen) atoms. The minimum absolute atomic E-state index is 0.217. The predicted octanol–water partition coefficient (Wildman–Crippen LogP) is 0.273. The molecule has 5 heteroatoms. The zero-order chi connectivity index (χ0) is 11.8. The third kappa shape index (κ3) is 2.07. The molecule has 3 heterocycles. The van der Waals surface area contributed by atoms with Crippen molar-refractivity contribution in [3.05, 3.63) is 18.0 Å². The second kappa shape index (κ2) is 4.14. The van der Waals surface area contributed by atoms with Crippen molar-refractivity contribution in [2.45, 2.75) is 37.9 Å². The molecule has 1 N–H and O–H groups in total. The van der Waals surface area contributed by atoms with Gasteiger partial charge in [-0.25, -0.2) is 0 Å². The van der Waals surface area contributed by atoms with Gasteiger partial charge in [-0.05, 0) is 12.8 Å². The molecule has 0 radical (unpaired) electrons. The lowest BCUT2D eigenvalue weighted by atomic mass is 9.99. The Balaban J connectivity index is 1.67. The molecule has 2 saturated heterocycles. The van der Waals surface area contributed by atoms with Gasteiger partial charge in [-0.2, -0.15) is 5.10 Å². The first-order chi connectivity index (χ1) is 8.22. The predicted molar refractivity (Wildman–Crippen MR) is 63.2 cm³/mol. The molecule has 5 nitrogen and oxygen atoms in total. The monoisotopic (exact) mass is 234 g/mol. The van der Waals surface area contributed by atoms with E-state index in [4.69, 9.17) is 0 Å². The third-order valence-electron chi connectivity index (χ3n) is 3.82. The molecule has 0 unspecified atom stereocenters. The molecule has 2 aliphatic rings. The molecule has 0 aromatic carbocycles. The van der Waals surface area contributed by atoms with Crippen LogP contribution in [0.5, 0.6) is 0 Å². The van der Waals surface area contributed by atoms with Crippen molar-refractivity contribution in [2.24, 2.45) is 7.05 Å². The number of aromatic nitrogens is 2. The van der Waals surface area contributed by atoms with E-state index in [-0.39, 0.29) is 5.91 Å². The van der Waals surface area contributed by atoms with Crippen molar-refractivity contribution in [3.63, 3.8) is 0 Å². The van der Waals surface area contributed by atoms with Crippen molar-refractivity contribution in [2.75, 3.05) is 6.54 Å². The van der Waals surface area contributed by atoms with Gasteiger partial charge in [-0.15, -0.1) is 0 Å². The number of aryl methyl sites for hydroxylation is 1. The zero-order valence-corrected chi connectivity index (χ0v) is 10.1. The van der Waals surface area contributed by atoms with Crippen LogP contribution in [0.3, 0.4) is 0 Å². The maximum atomic E-state index is 11.3. The molecular formula is C12H18N4O. The van der Waals surface area contributed by atoms with E-state index in [0.717, 1.165) is 25.9 Å². The number of carbonyl (C=O) groups is 1. The number of carbonyl (C=O) groups excluding carboxylic acids is 1. The molecule has 1 aromatic rings. The lowest BCUT2D eigenvalue weighted by molar-refractivity contribution is -0.124. The molecule has 0 aliphatic carbocycles. The SMILES string of the molecule is Cn1cc(CN2CC[C@H]3NC(=O)CC[C@@H]32)cn1. The standard InChI is InChI=1S/C12H18N4O/c1-15-7-9(6-13-15)8-16-5-4-10-11(16)2-3-12(17)14-10/h6-7,10-11H,2-5,8H2,1H3,(H,14,17)/t10-,11+/m1/s1. The Morgan fingerprint density at radius 3 is 3.18 bits per heavy atom. The van der Waals surface area contributed by atoms with Gasteiger partial charge >= 0.3 is 0 Å². The Morgan fingerprint density at radius 2 is 2.41 bits per heavy atom. The van der Waals surface area contributed by atoms with Crippen LogP contribution in [-0.2, 0) is 18.4 Å². The van der Waals surface area contributed by atoms with E-state index < -0.39 is 0 Å². The maximum Gasteiger partial charge on any atom is 0.220 e. The van der Waals surface area contributed by atoms with Crippen LogP contribution in [0.15, 0.2) is 12.4 Å². The Labute approximate surface area is 101 Å². The Bertz CT molecular complexity index is 428. The van der Waals surface area contributed by atoms with Crippen LogP contribution in [-0.4, -0.2) is 39.2 Å². The number of hydrogen-bond donors (Lipinski definition) is 1. The molecular weight excluding hydrogens is 216 g/mol. The Kier molecular flexibility index (Phi) is 2.63. The topological polar surface area (TPSA) is 50.2 Å². The second-order valence-corrected chi connectivity index (χ2v) is 5.06. The van der Waals surface area contributed by atoms with E-state index in [0.29, 0.717) is 18.5 Å². The lowest BCUT2D eigenvalue weighted by Gasteiger charge is -2.31. The highest BCUT2D eigenvalue weighted by atomic mass is 16.1. The quantitative estimate of drug-likeness (QED) is 0.799. The Morgan fingerprint density at radius 1 is 1.53 bits per heavy atom. The lowest BCUT2D eigenvalue weighted by Crippen LogP contribution is -2.49. The summed E-state index contributed by atoms with van der Waals surface area (Å²) in [4.78, 5) is 13.8. The third-order valence-corrected chi connectivity index (χ3v) is 3.82. The molecule has 0 bridgehead atoms. The number of fused-ring (bicyclic) bond motifs is 1. The maximum absolute atomic E-state index is 11.3. The molecule has 92 valence electrons. The fourth-order valence-corrected chi connectivity index (χ4v) is 3.01. The highest BCUT2D eigenvalue weighted by molar-refractivity contribution is 5.77. The summed E-state index contributed by atoms with van der Waals surface area (Å²) in [6.45, 7) is 2.02. The van der Waals surface area contributed by atoms with Gasteiger partial charge in [0.05, 0.1) is 6.20 Å². The number of nitrogens with zero attached hydrogens (tertiary/aromatic N) is 3. The number of piperidine rings is 1. The van der Waals surface area contributed by atoms with E-state index in [9.17, 15) is 4.79 Å². The molecule has 2 atom stereocenters. The van der Waals surface area contributed by atoms with E-state index in [1.165, 1.54) is 5.56 Å². The van der Waals surface area contributed by atoms with Crippen LogP contribution in [0.25, 0.3) is 0 Å². The molecule has 0 spiro atoms. The van der Waals surface area contributed by atoms with E-state index in [2.05, 4.69) is 21.5 Å². The van der Waals surface area contributed by atoms with Gasteiger partial charge in [0, 0.05) is 50.4 Å². The van der Waals surface area contributed by atoms with Crippen LogP contribution in [0.2, 0.25) is 0 Å². The smallest absolute Gasteiger partial charge is 0.220 e. The summed E-state index contributed by atoms with van der Waals surface area (Å²) in [6, 6.07) is 0.890. The average Bonchev–Trinajstić information content (AvgIpc) is 2.86. The summed E-state index contributed by atoms with van der Waals surface area (Å²) in [6.07, 6.45) is 6.74. The first-order valence-electron chi connectivity index (χ1n) is 6.23. The first-order valence-corrected chi connectivity index (χ1v) is 6.23. The van der Waals surface area contributed by atoms with Crippen LogP contribution < -0.4 is 5.32 Å². The van der Waals surface area contributed by atoms with Crippen LogP contribution >= 0.6 is 0 Å². The molecule has 2 fully saturated rings. The van der Waals surface area contributed by atoms with Crippen molar-refractivity contribution < 1.29 is 4.79 Å². The minimum atomic E-state index is 0.217. The van der Waals surface area contributed by atoms with Crippen molar-refractivity contribution >= 4 is 5.91 Å². The van der Waals surface area contributed by atoms with Crippen LogP contribution in [0.1, 0.15) is 24.8 Å². The number of amides is 1. The van der Waals surface area contributed by atoms with Gasteiger partial charge < -0.3 is 5.32 Å². The first kappa shape index (κ1) is 10.8. The Hall–Kier alpha value is -1.36. The van der Waals surface area contributed by atoms with Gasteiger partial charge in [-0.3, -0.25) is 14.4 Å². The van der Waals surface area contributed by atoms with Crippen molar-refractivity contribution in [1.29, 1.82) is 0 Å². The van der Waals surface area contributed by atoms with Crippen LogP contribution in [0, 0.1) is 0 Å².